The molecule has 0 aromatic heterocycles. The van der Waals surface area contributed by atoms with E-state index in [0.717, 1.165) is 23.6 Å². The Labute approximate surface area is 132 Å². The van der Waals surface area contributed by atoms with Gasteiger partial charge in [0.25, 0.3) is 0 Å². The number of hydrogen-bond donors (Lipinski definition) is 2. The summed E-state index contributed by atoms with van der Waals surface area (Å²) in [5, 5.41) is 3.06. The molecule has 4 heteroatoms. The lowest BCUT2D eigenvalue weighted by Gasteiger charge is -2.09. The van der Waals surface area contributed by atoms with Gasteiger partial charge >= 0.3 is 0 Å². The molecule has 2 aromatic rings. The average Bonchev–Trinajstić information content (AvgIpc) is 2.53. The number of nitrogens with zero attached hydrogens (tertiary/aromatic N) is 1. The van der Waals surface area contributed by atoms with Crippen LogP contribution in [0.2, 0.25) is 0 Å². The van der Waals surface area contributed by atoms with Gasteiger partial charge in [0.05, 0.1) is 13.2 Å². The fraction of sp³-hybridized carbons (Fsp3) is 0.278. The zero-order valence-electron chi connectivity index (χ0n) is 13.1. The van der Waals surface area contributed by atoms with Gasteiger partial charge in [-0.15, -0.1) is 0 Å². The maximum absolute atomic E-state index is 5.88. The Morgan fingerprint density at radius 2 is 1.77 bits per heavy atom. The lowest BCUT2D eigenvalue weighted by Crippen LogP contribution is -2.22. The van der Waals surface area contributed by atoms with Crippen LogP contribution in [0.25, 0.3) is 0 Å². The largest absolute Gasteiger partial charge is 0.493 e. The molecule has 0 radical (unpaired) electrons. The first-order valence-corrected chi connectivity index (χ1v) is 7.47. The van der Waals surface area contributed by atoms with Gasteiger partial charge in [-0.25, -0.2) is 4.99 Å². The number of guanidine groups is 1. The smallest absolute Gasteiger partial charge is 0.193 e. The number of hydrogen-bond acceptors (Lipinski definition) is 2. The molecule has 0 fully saturated rings. The summed E-state index contributed by atoms with van der Waals surface area (Å²) < 4.78 is 5.65. The third kappa shape index (κ3) is 5.48. The van der Waals surface area contributed by atoms with Crippen molar-refractivity contribution in [3.63, 3.8) is 0 Å². The van der Waals surface area contributed by atoms with Crippen molar-refractivity contribution in [2.24, 2.45) is 16.6 Å². The van der Waals surface area contributed by atoms with E-state index in [2.05, 4.69) is 24.2 Å². The van der Waals surface area contributed by atoms with Gasteiger partial charge in [0.1, 0.15) is 5.75 Å². The SMILES string of the molecule is CC(C)COc1ccc(CN=C(N)Nc2ccccc2)cc1. The highest BCUT2D eigenvalue weighted by Crippen LogP contribution is 2.14. The molecule has 0 heterocycles. The third-order valence-electron chi connectivity index (χ3n) is 2.98. The fourth-order valence-corrected chi connectivity index (χ4v) is 1.84. The van der Waals surface area contributed by atoms with Crippen molar-refractivity contribution < 1.29 is 4.74 Å². The van der Waals surface area contributed by atoms with E-state index < -0.39 is 0 Å². The zero-order valence-corrected chi connectivity index (χ0v) is 13.1. The molecule has 0 bridgehead atoms. The molecule has 0 atom stereocenters. The summed E-state index contributed by atoms with van der Waals surface area (Å²) in [7, 11) is 0. The summed E-state index contributed by atoms with van der Waals surface area (Å²) in [5.74, 6) is 1.82. The fourth-order valence-electron chi connectivity index (χ4n) is 1.84. The maximum atomic E-state index is 5.88. The van der Waals surface area contributed by atoms with E-state index in [1.807, 2.05) is 54.6 Å². The normalized spacial score (nSPS) is 11.5. The molecule has 0 saturated heterocycles. The third-order valence-corrected chi connectivity index (χ3v) is 2.98. The molecule has 22 heavy (non-hydrogen) atoms. The van der Waals surface area contributed by atoms with Crippen LogP contribution in [-0.2, 0) is 6.54 Å². The Bertz CT molecular complexity index is 591. The summed E-state index contributed by atoms with van der Waals surface area (Å²) in [4.78, 5) is 4.34. The standard InChI is InChI=1S/C18H23N3O/c1-14(2)13-22-17-10-8-15(9-11-17)12-20-18(19)21-16-6-4-3-5-7-16/h3-11,14H,12-13H2,1-2H3,(H3,19,20,21). The minimum Gasteiger partial charge on any atom is -0.493 e. The summed E-state index contributed by atoms with van der Waals surface area (Å²) in [6.07, 6.45) is 0. The van der Waals surface area contributed by atoms with Crippen molar-refractivity contribution in [1.29, 1.82) is 0 Å². The van der Waals surface area contributed by atoms with E-state index in [1.54, 1.807) is 0 Å². The summed E-state index contributed by atoms with van der Waals surface area (Å²) in [5.41, 5.74) is 7.90. The van der Waals surface area contributed by atoms with Crippen LogP contribution in [0.4, 0.5) is 5.69 Å². The van der Waals surface area contributed by atoms with Crippen LogP contribution >= 0.6 is 0 Å². The van der Waals surface area contributed by atoms with Crippen LogP contribution in [0, 0.1) is 5.92 Å². The van der Waals surface area contributed by atoms with E-state index in [9.17, 15) is 0 Å². The van der Waals surface area contributed by atoms with E-state index in [0.29, 0.717) is 18.4 Å². The molecule has 2 rings (SSSR count). The minimum absolute atomic E-state index is 0.409. The summed E-state index contributed by atoms with van der Waals surface area (Å²) in [6.45, 7) is 5.53. The van der Waals surface area contributed by atoms with Crippen LogP contribution in [0.3, 0.4) is 0 Å². The number of nitrogens with two attached hydrogens (primary N) is 1. The molecule has 0 spiro atoms. The van der Waals surface area contributed by atoms with Crippen LogP contribution in [-0.4, -0.2) is 12.6 Å². The average molecular weight is 297 g/mol. The van der Waals surface area contributed by atoms with E-state index in [-0.39, 0.29) is 0 Å². The van der Waals surface area contributed by atoms with Crippen LogP contribution in [0.1, 0.15) is 19.4 Å². The molecule has 0 aliphatic rings. The molecular weight excluding hydrogens is 274 g/mol. The number of ether oxygens (including phenoxy) is 1. The number of aliphatic imine (C=N–C) groups is 1. The highest BCUT2D eigenvalue weighted by molar-refractivity contribution is 5.92. The minimum atomic E-state index is 0.409. The zero-order chi connectivity index (χ0) is 15.8. The number of nitrogens with one attached hydrogen (secondary N) is 1. The van der Waals surface area contributed by atoms with Crippen LogP contribution in [0.5, 0.6) is 5.75 Å². The Kier molecular flexibility index (Phi) is 5.83. The van der Waals surface area contributed by atoms with E-state index >= 15 is 0 Å². The summed E-state index contributed by atoms with van der Waals surface area (Å²) >= 11 is 0. The molecule has 0 amide bonds. The monoisotopic (exact) mass is 297 g/mol. The second-order valence-electron chi connectivity index (χ2n) is 5.54. The van der Waals surface area contributed by atoms with Gasteiger partial charge in [-0.3, -0.25) is 0 Å². The van der Waals surface area contributed by atoms with Crippen molar-refractivity contribution in [1.82, 2.24) is 0 Å². The molecular formula is C18H23N3O. The van der Waals surface area contributed by atoms with Crippen molar-refractivity contribution >= 4 is 11.6 Å². The predicted octanol–water partition coefficient (Wildman–Crippen LogP) is 3.65. The van der Waals surface area contributed by atoms with Gasteiger partial charge < -0.3 is 15.8 Å². The van der Waals surface area contributed by atoms with Gasteiger partial charge in [-0.2, -0.15) is 0 Å². The van der Waals surface area contributed by atoms with Crippen molar-refractivity contribution in [2.75, 3.05) is 11.9 Å². The molecule has 0 aliphatic heterocycles. The Balaban J connectivity index is 1.86. The molecule has 116 valence electrons. The van der Waals surface area contributed by atoms with Crippen molar-refractivity contribution in [2.45, 2.75) is 20.4 Å². The Morgan fingerprint density at radius 3 is 2.41 bits per heavy atom. The van der Waals surface area contributed by atoms with Gasteiger partial charge in [0.2, 0.25) is 0 Å². The maximum Gasteiger partial charge on any atom is 0.193 e. The highest BCUT2D eigenvalue weighted by Gasteiger charge is 1.98. The number of benzene rings is 2. The van der Waals surface area contributed by atoms with Gasteiger partial charge in [0, 0.05) is 5.69 Å². The quantitative estimate of drug-likeness (QED) is 0.632. The highest BCUT2D eigenvalue weighted by atomic mass is 16.5. The first-order chi connectivity index (χ1) is 10.6. The molecule has 0 saturated carbocycles. The summed E-state index contributed by atoms with van der Waals surface area (Å²) in [6, 6.07) is 17.7. The second kappa shape index (κ2) is 8.08. The van der Waals surface area contributed by atoms with Crippen LogP contribution < -0.4 is 15.8 Å². The van der Waals surface area contributed by atoms with Crippen molar-refractivity contribution in [3.8, 4) is 5.75 Å². The molecule has 0 aliphatic carbocycles. The molecule has 4 nitrogen and oxygen atoms in total. The van der Waals surface area contributed by atoms with E-state index in [1.165, 1.54) is 0 Å². The molecule has 2 aromatic carbocycles. The first kappa shape index (κ1) is 15.9. The molecule has 0 unspecified atom stereocenters. The lowest BCUT2D eigenvalue weighted by molar-refractivity contribution is 0.271. The lowest BCUT2D eigenvalue weighted by atomic mass is 10.2. The first-order valence-electron chi connectivity index (χ1n) is 7.47. The number of anilines is 1. The van der Waals surface area contributed by atoms with Gasteiger partial charge in [0.15, 0.2) is 5.96 Å². The topological polar surface area (TPSA) is 59.6 Å². The number of para-hydroxylation sites is 1. The Hall–Kier alpha value is -2.49. The van der Waals surface area contributed by atoms with Gasteiger partial charge in [-0.1, -0.05) is 44.2 Å². The predicted molar refractivity (Wildman–Crippen MR) is 92.2 cm³/mol. The van der Waals surface area contributed by atoms with Crippen molar-refractivity contribution in [3.05, 3.63) is 60.2 Å². The Morgan fingerprint density at radius 1 is 1.09 bits per heavy atom. The number of rotatable bonds is 6. The second-order valence-corrected chi connectivity index (χ2v) is 5.54. The molecule has 3 N–H and O–H groups in total. The van der Waals surface area contributed by atoms with Gasteiger partial charge in [-0.05, 0) is 35.7 Å². The van der Waals surface area contributed by atoms with Crippen LogP contribution in [0.15, 0.2) is 59.6 Å². The van der Waals surface area contributed by atoms with E-state index in [4.69, 9.17) is 10.5 Å².